The number of hydrogen-bond donors (Lipinski definition) is 2. The lowest BCUT2D eigenvalue weighted by atomic mass is 9.92. The van der Waals surface area contributed by atoms with E-state index in [0.717, 1.165) is 0 Å². The number of carbonyl (C=O) groups is 2. The molecule has 0 bridgehead atoms. The van der Waals surface area contributed by atoms with E-state index in [9.17, 15) is 19.8 Å². The lowest BCUT2D eigenvalue weighted by Crippen LogP contribution is -2.60. The number of thioether (sulfide) groups is 2. The van der Waals surface area contributed by atoms with E-state index in [1.54, 1.807) is 14.0 Å². The third kappa shape index (κ3) is 2.29. The number of aryl methyl sites for hydroxylation is 1. The molecule has 22 heavy (non-hydrogen) atoms. The van der Waals surface area contributed by atoms with Crippen molar-refractivity contribution in [3.63, 3.8) is 0 Å². The molecular weight excluding hydrogens is 330 g/mol. The van der Waals surface area contributed by atoms with Gasteiger partial charge in [0.05, 0.1) is 12.0 Å². The first-order valence-electron chi connectivity index (χ1n) is 6.41. The number of tetrazole rings is 1. The standard InChI is InChI=1S/C11H13N5O4S2/c1-4(17)6-8(18)16-7(10(19)20)5(22-9(6)16)3-21-11-12-13-14-15(11)2/h4,6,9,17H,3H2,1-2H3,(H,19,20)/t4?,6-,9+/m0/s1. The number of carbonyl (C=O) groups excluding carboxylic acids is 1. The maximum Gasteiger partial charge on any atom is 0.353 e. The van der Waals surface area contributed by atoms with Crippen LogP contribution in [0.1, 0.15) is 6.92 Å². The first-order valence-corrected chi connectivity index (χ1v) is 8.27. The topological polar surface area (TPSA) is 121 Å². The second-order valence-corrected chi connectivity index (χ2v) is 7.09. The van der Waals surface area contributed by atoms with Gasteiger partial charge in [-0.15, -0.1) is 16.9 Å². The molecular formula is C11H13N5O4S2. The maximum absolute atomic E-state index is 12.0. The number of aliphatic carboxylic acids is 1. The summed E-state index contributed by atoms with van der Waals surface area (Å²) >= 11 is 2.61. The van der Waals surface area contributed by atoms with Crippen LogP contribution in [0.25, 0.3) is 0 Å². The number of aliphatic hydroxyl groups excluding tert-OH is 1. The third-order valence-electron chi connectivity index (χ3n) is 3.49. The molecule has 1 fully saturated rings. The number of carboxylic acid groups (broad SMARTS) is 1. The monoisotopic (exact) mass is 343 g/mol. The molecule has 1 amide bonds. The van der Waals surface area contributed by atoms with Gasteiger partial charge in [-0.2, -0.15) is 0 Å². The lowest BCUT2D eigenvalue weighted by molar-refractivity contribution is -0.156. The zero-order chi connectivity index (χ0) is 16.0. The summed E-state index contributed by atoms with van der Waals surface area (Å²) in [6.45, 7) is 1.54. The van der Waals surface area contributed by atoms with Gasteiger partial charge < -0.3 is 10.2 Å². The quantitative estimate of drug-likeness (QED) is 0.538. The number of amides is 1. The Hall–Kier alpha value is -1.59. The Morgan fingerprint density at radius 1 is 1.55 bits per heavy atom. The van der Waals surface area contributed by atoms with E-state index in [0.29, 0.717) is 15.8 Å². The number of aliphatic hydroxyl groups is 1. The van der Waals surface area contributed by atoms with Gasteiger partial charge >= 0.3 is 5.97 Å². The summed E-state index contributed by atoms with van der Waals surface area (Å²) in [6.07, 6.45) is -0.800. The average Bonchev–Trinajstić information content (AvgIpc) is 2.97. The Balaban J connectivity index is 1.80. The Labute approximate surface area is 133 Å². The molecule has 2 aliphatic heterocycles. The second-order valence-electron chi connectivity index (χ2n) is 4.93. The molecule has 0 saturated carbocycles. The van der Waals surface area contributed by atoms with Crippen LogP contribution in [0.15, 0.2) is 15.8 Å². The number of hydrogen-bond acceptors (Lipinski definition) is 8. The molecule has 1 saturated heterocycles. The number of rotatable bonds is 5. The van der Waals surface area contributed by atoms with Crippen molar-refractivity contribution in [3.8, 4) is 0 Å². The smallest absolute Gasteiger partial charge is 0.353 e. The van der Waals surface area contributed by atoms with E-state index >= 15 is 0 Å². The van der Waals surface area contributed by atoms with Crippen molar-refractivity contribution in [2.24, 2.45) is 13.0 Å². The predicted octanol–water partition coefficient (Wildman–Crippen LogP) is -0.490. The molecule has 1 aromatic heterocycles. The van der Waals surface area contributed by atoms with Gasteiger partial charge in [0.2, 0.25) is 11.1 Å². The summed E-state index contributed by atoms with van der Waals surface area (Å²) in [5, 5.41) is 30.3. The summed E-state index contributed by atoms with van der Waals surface area (Å²) in [6, 6.07) is 0. The van der Waals surface area contributed by atoms with Crippen LogP contribution in [0.3, 0.4) is 0 Å². The van der Waals surface area contributed by atoms with E-state index in [1.807, 2.05) is 0 Å². The summed E-state index contributed by atoms with van der Waals surface area (Å²) < 4.78 is 1.49. The van der Waals surface area contributed by atoms with Gasteiger partial charge in [-0.3, -0.25) is 9.69 Å². The van der Waals surface area contributed by atoms with Crippen molar-refractivity contribution in [3.05, 3.63) is 10.6 Å². The van der Waals surface area contributed by atoms with Gasteiger partial charge in [-0.1, -0.05) is 11.8 Å². The van der Waals surface area contributed by atoms with Crippen molar-refractivity contribution in [2.75, 3.05) is 5.75 Å². The normalized spacial score (nSPS) is 25.2. The summed E-state index contributed by atoms with van der Waals surface area (Å²) in [4.78, 5) is 25.4. The number of nitrogens with zero attached hydrogens (tertiary/aromatic N) is 5. The molecule has 3 heterocycles. The van der Waals surface area contributed by atoms with Crippen LogP contribution < -0.4 is 0 Å². The zero-order valence-corrected chi connectivity index (χ0v) is 13.3. The summed E-state index contributed by atoms with van der Waals surface area (Å²) in [7, 11) is 1.69. The van der Waals surface area contributed by atoms with Gasteiger partial charge in [0.1, 0.15) is 11.1 Å². The van der Waals surface area contributed by atoms with Crippen LogP contribution in [0.4, 0.5) is 0 Å². The van der Waals surface area contributed by atoms with E-state index in [2.05, 4.69) is 15.5 Å². The molecule has 2 N–H and O–H groups in total. The van der Waals surface area contributed by atoms with Gasteiger partial charge in [-0.05, 0) is 17.4 Å². The zero-order valence-electron chi connectivity index (χ0n) is 11.7. The van der Waals surface area contributed by atoms with Gasteiger partial charge in [-0.25, -0.2) is 9.48 Å². The number of aromatic nitrogens is 4. The van der Waals surface area contributed by atoms with E-state index in [4.69, 9.17) is 0 Å². The van der Waals surface area contributed by atoms with Crippen LogP contribution in [-0.2, 0) is 16.6 Å². The maximum atomic E-state index is 12.0. The fourth-order valence-electron chi connectivity index (χ4n) is 2.43. The van der Waals surface area contributed by atoms with Crippen molar-refractivity contribution in [2.45, 2.75) is 23.6 Å². The number of fused-ring (bicyclic) bond motifs is 1. The Bertz CT molecular complexity index is 673. The predicted molar refractivity (Wildman–Crippen MR) is 77.6 cm³/mol. The highest BCUT2D eigenvalue weighted by molar-refractivity contribution is 8.06. The highest BCUT2D eigenvalue weighted by atomic mass is 32.2. The summed E-state index contributed by atoms with van der Waals surface area (Å²) in [5.41, 5.74) is -0.000437. The van der Waals surface area contributed by atoms with Crippen LogP contribution in [-0.4, -0.2) is 64.4 Å². The molecule has 0 aromatic carbocycles. The van der Waals surface area contributed by atoms with Gasteiger partial charge in [0.15, 0.2) is 0 Å². The van der Waals surface area contributed by atoms with Crippen molar-refractivity contribution in [1.82, 2.24) is 25.1 Å². The fourth-order valence-corrected chi connectivity index (χ4v) is 4.99. The van der Waals surface area contributed by atoms with Crippen LogP contribution >= 0.6 is 23.5 Å². The van der Waals surface area contributed by atoms with Crippen LogP contribution in [0, 0.1) is 5.92 Å². The Morgan fingerprint density at radius 3 is 2.82 bits per heavy atom. The third-order valence-corrected chi connectivity index (χ3v) is 6.08. The molecule has 118 valence electrons. The van der Waals surface area contributed by atoms with Crippen LogP contribution in [0.5, 0.6) is 0 Å². The molecule has 0 radical (unpaired) electrons. The van der Waals surface area contributed by atoms with Crippen molar-refractivity contribution >= 4 is 35.4 Å². The molecule has 0 aliphatic carbocycles. The average molecular weight is 343 g/mol. The second kappa shape index (κ2) is 5.56. The fraction of sp³-hybridized carbons (Fsp3) is 0.545. The molecule has 0 spiro atoms. The molecule has 1 aromatic rings. The molecule has 3 rings (SSSR count). The number of β-lactam (4-membered cyclic amide) rings is 1. The molecule has 1 unspecified atom stereocenters. The minimum atomic E-state index is -1.14. The minimum Gasteiger partial charge on any atom is -0.477 e. The van der Waals surface area contributed by atoms with Crippen molar-refractivity contribution in [1.29, 1.82) is 0 Å². The molecule has 11 heteroatoms. The highest BCUT2D eigenvalue weighted by Crippen LogP contribution is 2.51. The molecule has 3 atom stereocenters. The Kier molecular flexibility index (Phi) is 3.87. The summed E-state index contributed by atoms with van der Waals surface area (Å²) in [5.74, 6) is -1.68. The SMILES string of the molecule is CC(O)[C@H]1C(=O)N2C(C(=O)O)=C(CSc3nnnn3C)S[C@H]12. The highest BCUT2D eigenvalue weighted by Gasteiger charge is 2.57. The van der Waals surface area contributed by atoms with Gasteiger partial charge in [0.25, 0.3) is 0 Å². The van der Waals surface area contributed by atoms with Crippen molar-refractivity contribution < 1.29 is 19.8 Å². The Morgan fingerprint density at radius 2 is 2.27 bits per heavy atom. The minimum absolute atomic E-state index is 0.000437. The van der Waals surface area contributed by atoms with Crippen LogP contribution in [0.2, 0.25) is 0 Å². The largest absolute Gasteiger partial charge is 0.477 e. The van der Waals surface area contributed by atoms with E-state index in [-0.39, 0.29) is 17.0 Å². The van der Waals surface area contributed by atoms with E-state index < -0.39 is 18.0 Å². The first kappa shape index (κ1) is 15.3. The molecule has 2 aliphatic rings. The van der Waals surface area contributed by atoms with E-state index in [1.165, 1.54) is 33.1 Å². The lowest BCUT2D eigenvalue weighted by Gasteiger charge is -2.43. The number of carboxylic acids is 1. The molecule has 9 nitrogen and oxygen atoms in total. The first-order chi connectivity index (χ1) is 10.4. The van der Waals surface area contributed by atoms with Gasteiger partial charge in [0, 0.05) is 17.7 Å².